The lowest BCUT2D eigenvalue weighted by Gasteiger charge is -2.49. The first-order valence-corrected chi connectivity index (χ1v) is 6.20. The number of carbonyl (C=O) groups excluding carboxylic acids is 1. The van der Waals surface area contributed by atoms with Crippen molar-refractivity contribution < 1.29 is 4.79 Å². The molecule has 5 unspecified atom stereocenters. The van der Waals surface area contributed by atoms with E-state index in [0.717, 1.165) is 37.0 Å². The summed E-state index contributed by atoms with van der Waals surface area (Å²) in [5.41, 5.74) is 2.95. The van der Waals surface area contributed by atoms with Gasteiger partial charge in [0.1, 0.15) is 0 Å². The van der Waals surface area contributed by atoms with E-state index in [4.69, 9.17) is 5.84 Å². The lowest BCUT2D eigenvalue weighted by atomic mass is 9.55. The number of hydrazine groups is 1. The number of nitrogens with two attached hydrogens (primary N) is 1. The maximum atomic E-state index is 12.0. The van der Waals surface area contributed by atoms with Crippen molar-refractivity contribution in [2.75, 3.05) is 0 Å². The van der Waals surface area contributed by atoms with Crippen LogP contribution in [0.15, 0.2) is 0 Å². The van der Waals surface area contributed by atoms with Gasteiger partial charge in [0, 0.05) is 0 Å². The normalized spacial score (nSPS) is 58.9. The topological polar surface area (TPSA) is 55.1 Å². The molecule has 4 aliphatic carbocycles. The van der Waals surface area contributed by atoms with E-state index in [0.29, 0.717) is 5.41 Å². The van der Waals surface area contributed by atoms with Gasteiger partial charge in [-0.1, -0.05) is 0 Å². The summed E-state index contributed by atoms with van der Waals surface area (Å²) in [5, 5.41) is 0. The van der Waals surface area contributed by atoms with Gasteiger partial charge in [-0.15, -0.1) is 0 Å². The highest BCUT2D eigenvalue weighted by Gasteiger charge is 2.72. The molecule has 3 heteroatoms. The number of hydrogen-bond acceptors (Lipinski definition) is 2. The van der Waals surface area contributed by atoms with Gasteiger partial charge in [0.15, 0.2) is 0 Å². The second-order valence-corrected chi connectivity index (χ2v) is 6.51. The molecule has 4 rings (SSSR count). The molecule has 3 N–H and O–H groups in total. The minimum Gasteiger partial charge on any atom is -0.294 e. The Kier molecular flexibility index (Phi) is 1.28. The van der Waals surface area contributed by atoms with E-state index < -0.39 is 0 Å². The predicted molar refractivity (Wildman–Crippen MR) is 55.4 cm³/mol. The summed E-state index contributed by atoms with van der Waals surface area (Å²) in [7, 11) is 0. The molecule has 0 aromatic carbocycles. The fourth-order valence-electron chi connectivity index (χ4n) is 5.78. The van der Waals surface area contributed by atoms with Gasteiger partial charge in [-0.25, -0.2) is 5.84 Å². The van der Waals surface area contributed by atoms with Crippen LogP contribution in [0.25, 0.3) is 0 Å². The van der Waals surface area contributed by atoms with Crippen molar-refractivity contribution in [3.63, 3.8) is 0 Å². The number of rotatable bonds is 1. The van der Waals surface area contributed by atoms with Crippen LogP contribution < -0.4 is 11.3 Å². The van der Waals surface area contributed by atoms with Crippen LogP contribution in [0.3, 0.4) is 0 Å². The van der Waals surface area contributed by atoms with Crippen molar-refractivity contribution in [1.29, 1.82) is 0 Å². The fourth-order valence-corrected chi connectivity index (χ4v) is 5.78. The third-order valence-electron chi connectivity index (χ3n) is 6.08. The smallest absolute Gasteiger partial charge is 0.240 e. The molecule has 0 heterocycles. The van der Waals surface area contributed by atoms with Crippen molar-refractivity contribution in [3.8, 4) is 0 Å². The molecule has 0 saturated heterocycles. The van der Waals surface area contributed by atoms with Crippen LogP contribution in [-0.2, 0) is 4.79 Å². The zero-order chi connectivity index (χ0) is 10.3. The van der Waals surface area contributed by atoms with Crippen molar-refractivity contribution in [1.82, 2.24) is 5.43 Å². The molecule has 5 atom stereocenters. The lowest BCUT2D eigenvalue weighted by Crippen LogP contribution is -2.46. The van der Waals surface area contributed by atoms with E-state index in [1.54, 1.807) is 0 Å². The number of nitrogens with one attached hydrogen (secondary N) is 1. The van der Waals surface area contributed by atoms with E-state index in [-0.39, 0.29) is 11.3 Å². The van der Waals surface area contributed by atoms with Gasteiger partial charge < -0.3 is 0 Å². The number of hydrogen-bond donors (Lipinski definition) is 2. The number of amides is 1. The molecular weight excluding hydrogens is 188 g/mol. The highest BCUT2D eigenvalue weighted by Crippen LogP contribution is 2.78. The Bertz CT molecular complexity index is 352. The maximum Gasteiger partial charge on any atom is 0.240 e. The van der Waals surface area contributed by atoms with Gasteiger partial charge in [0.05, 0.1) is 5.41 Å². The molecule has 4 saturated carbocycles. The Labute approximate surface area is 89.8 Å². The average molecular weight is 206 g/mol. The van der Waals surface area contributed by atoms with Gasteiger partial charge in [0.25, 0.3) is 0 Å². The van der Waals surface area contributed by atoms with Crippen LogP contribution in [0.5, 0.6) is 0 Å². The van der Waals surface area contributed by atoms with Gasteiger partial charge in [0.2, 0.25) is 5.91 Å². The third kappa shape index (κ3) is 0.748. The number of fused-ring (bicyclic) bond motifs is 2. The summed E-state index contributed by atoms with van der Waals surface area (Å²) in [6.45, 7) is 0. The first-order valence-electron chi connectivity index (χ1n) is 6.20. The number of carbonyl (C=O) groups is 1. The molecule has 3 bridgehead atoms. The van der Waals surface area contributed by atoms with Crippen LogP contribution in [0.2, 0.25) is 0 Å². The van der Waals surface area contributed by atoms with Gasteiger partial charge in [-0.3, -0.25) is 10.2 Å². The first kappa shape index (κ1) is 8.57. The van der Waals surface area contributed by atoms with Gasteiger partial charge in [-0.05, 0) is 61.7 Å². The highest BCUT2D eigenvalue weighted by molar-refractivity contribution is 5.83. The lowest BCUT2D eigenvalue weighted by molar-refractivity contribution is -0.133. The standard InChI is InChI=1S/C12H18N2O/c13-14-10(15)11-3-7-1-8-2-9(5-11)12(8,4-7)6-11/h7-9H,1-6,13H2,(H,14,15). The summed E-state index contributed by atoms with van der Waals surface area (Å²) in [6, 6.07) is 0. The first-order chi connectivity index (χ1) is 7.18. The van der Waals surface area contributed by atoms with Crippen LogP contribution in [0, 0.1) is 28.6 Å². The van der Waals surface area contributed by atoms with Crippen LogP contribution in [0.4, 0.5) is 0 Å². The van der Waals surface area contributed by atoms with Crippen molar-refractivity contribution >= 4 is 5.91 Å². The quantitative estimate of drug-likeness (QED) is 0.385. The summed E-state index contributed by atoms with van der Waals surface area (Å²) in [4.78, 5) is 12.0. The Hall–Kier alpha value is -0.570. The van der Waals surface area contributed by atoms with E-state index >= 15 is 0 Å². The van der Waals surface area contributed by atoms with E-state index in [9.17, 15) is 4.79 Å². The zero-order valence-corrected chi connectivity index (χ0v) is 8.96. The van der Waals surface area contributed by atoms with Crippen LogP contribution in [-0.4, -0.2) is 5.91 Å². The zero-order valence-electron chi connectivity index (χ0n) is 8.96. The average Bonchev–Trinajstić information content (AvgIpc) is 2.54. The molecule has 0 aliphatic heterocycles. The van der Waals surface area contributed by atoms with E-state index in [1.807, 2.05) is 0 Å². The van der Waals surface area contributed by atoms with Crippen molar-refractivity contribution in [3.05, 3.63) is 0 Å². The molecule has 3 nitrogen and oxygen atoms in total. The highest BCUT2D eigenvalue weighted by atomic mass is 16.2. The predicted octanol–water partition coefficient (Wildman–Crippen LogP) is 1.19. The minimum absolute atomic E-state index is 0.0619. The van der Waals surface area contributed by atoms with E-state index in [2.05, 4.69) is 5.43 Å². The molecule has 0 aromatic rings. The van der Waals surface area contributed by atoms with Gasteiger partial charge in [-0.2, -0.15) is 0 Å². The SMILES string of the molecule is NNC(=O)C12CC3CC4CC(C1)C4(C3)C2. The third-order valence-corrected chi connectivity index (χ3v) is 6.08. The minimum atomic E-state index is -0.0619. The fraction of sp³-hybridized carbons (Fsp3) is 0.917. The second-order valence-electron chi connectivity index (χ2n) is 6.51. The Morgan fingerprint density at radius 1 is 1.20 bits per heavy atom. The van der Waals surface area contributed by atoms with Gasteiger partial charge >= 0.3 is 0 Å². The summed E-state index contributed by atoms with van der Waals surface area (Å²) in [6.07, 6.45) is 7.61. The molecule has 82 valence electrons. The molecule has 0 aromatic heterocycles. The molecule has 4 aliphatic rings. The molecule has 1 amide bonds. The Morgan fingerprint density at radius 2 is 2.07 bits per heavy atom. The van der Waals surface area contributed by atoms with Crippen molar-refractivity contribution in [2.45, 2.75) is 38.5 Å². The Balaban J connectivity index is 1.78. The maximum absolute atomic E-state index is 12.0. The molecule has 0 radical (unpaired) electrons. The second kappa shape index (κ2) is 2.24. The van der Waals surface area contributed by atoms with Crippen LogP contribution >= 0.6 is 0 Å². The van der Waals surface area contributed by atoms with Crippen molar-refractivity contribution in [2.24, 2.45) is 34.4 Å². The van der Waals surface area contributed by atoms with Crippen LogP contribution in [0.1, 0.15) is 38.5 Å². The van der Waals surface area contributed by atoms with E-state index in [1.165, 1.54) is 19.3 Å². The monoisotopic (exact) mass is 206 g/mol. The molecular formula is C12H18N2O. The summed E-state index contributed by atoms with van der Waals surface area (Å²) < 4.78 is 0. The summed E-state index contributed by atoms with van der Waals surface area (Å²) >= 11 is 0. The molecule has 15 heavy (non-hydrogen) atoms. The largest absolute Gasteiger partial charge is 0.294 e. The molecule has 4 fully saturated rings. The summed E-state index contributed by atoms with van der Waals surface area (Å²) in [5.74, 6) is 8.12. The Morgan fingerprint density at radius 3 is 2.87 bits per heavy atom. The molecule has 1 spiro atoms.